The summed E-state index contributed by atoms with van der Waals surface area (Å²) in [4.78, 5) is 1.74. The van der Waals surface area contributed by atoms with Gasteiger partial charge in [0.1, 0.15) is 13.1 Å². The molecule has 1 unspecified atom stereocenters. The zero-order valence-electron chi connectivity index (χ0n) is 11.2. The summed E-state index contributed by atoms with van der Waals surface area (Å²) >= 11 is 3.52. The minimum Gasteiger partial charge on any atom is -0.344 e. The maximum absolute atomic E-state index is 8.80. The molecule has 100 valence electrons. The van der Waals surface area contributed by atoms with Crippen molar-refractivity contribution in [2.45, 2.75) is 19.9 Å². The van der Waals surface area contributed by atoms with Crippen molar-refractivity contribution in [2.24, 2.45) is 0 Å². The third kappa shape index (κ3) is 4.24. The molecule has 19 heavy (non-hydrogen) atoms. The van der Waals surface area contributed by atoms with Gasteiger partial charge in [-0.2, -0.15) is 10.5 Å². The summed E-state index contributed by atoms with van der Waals surface area (Å²) in [6.45, 7) is 5.49. The SMILES string of the molecule is CCNC(C)c1ccc(N(CC#N)CC#N)c(Br)c1. The van der Waals surface area contributed by atoms with Crippen LogP contribution in [0.5, 0.6) is 0 Å². The van der Waals surface area contributed by atoms with Gasteiger partial charge in [0, 0.05) is 10.5 Å². The molecule has 0 fully saturated rings. The number of nitriles is 2. The highest BCUT2D eigenvalue weighted by Gasteiger charge is 2.12. The lowest BCUT2D eigenvalue weighted by atomic mass is 10.1. The van der Waals surface area contributed by atoms with Gasteiger partial charge in [-0.3, -0.25) is 0 Å². The average Bonchev–Trinajstić information content (AvgIpc) is 2.39. The summed E-state index contributed by atoms with van der Waals surface area (Å²) in [5.41, 5.74) is 2.04. The molecule has 0 aromatic heterocycles. The minimum absolute atomic E-state index is 0.203. The first kappa shape index (κ1) is 15.5. The molecule has 0 radical (unpaired) electrons. The van der Waals surface area contributed by atoms with Gasteiger partial charge in [0.25, 0.3) is 0 Å². The molecule has 0 saturated heterocycles. The van der Waals surface area contributed by atoms with Crippen molar-refractivity contribution in [2.75, 3.05) is 24.5 Å². The lowest BCUT2D eigenvalue weighted by Crippen LogP contribution is -2.24. The lowest BCUT2D eigenvalue weighted by molar-refractivity contribution is 0.598. The number of anilines is 1. The first-order valence-electron chi connectivity index (χ1n) is 6.15. The standard InChI is InChI=1S/C14H17BrN4/c1-3-18-11(2)12-4-5-14(13(15)10-12)19(8-6-16)9-7-17/h4-5,10-11,18H,3,8-9H2,1-2H3. The molecule has 0 bridgehead atoms. The highest BCUT2D eigenvalue weighted by Crippen LogP contribution is 2.29. The molecule has 1 N–H and O–H groups in total. The smallest absolute Gasteiger partial charge is 0.107 e. The van der Waals surface area contributed by atoms with Gasteiger partial charge < -0.3 is 10.2 Å². The molecule has 4 nitrogen and oxygen atoms in total. The van der Waals surface area contributed by atoms with Crippen molar-refractivity contribution in [3.63, 3.8) is 0 Å². The Morgan fingerprint density at radius 3 is 2.42 bits per heavy atom. The number of nitrogens with zero attached hydrogens (tertiary/aromatic N) is 3. The van der Waals surface area contributed by atoms with E-state index in [2.05, 4.69) is 47.2 Å². The average molecular weight is 321 g/mol. The molecule has 0 saturated carbocycles. The van der Waals surface area contributed by atoms with Gasteiger partial charge in [-0.05, 0) is 47.1 Å². The largest absolute Gasteiger partial charge is 0.344 e. The topological polar surface area (TPSA) is 62.9 Å². The van der Waals surface area contributed by atoms with Crippen LogP contribution >= 0.6 is 15.9 Å². The zero-order valence-corrected chi connectivity index (χ0v) is 12.7. The Balaban J connectivity index is 2.99. The van der Waals surface area contributed by atoms with Crippen LogP contribution in [0.25, 0.3) is 0 Å². The van der Waals surface area contributed by atoms with Crippen molar-refractivity contribution in [3.8, 4) is 12.1 Å². The Morgan fingerprint density at radius 2 is 1.95 bits per heavy atom. The molecule has 0 amide bonds. The van der Waals surface area contributed by atoms with Crippen LogP contribution in [0.3, 0.4) is 0 Å². The second-order valence-corrected chi connectivity index (χ2v) is 5.02. The van der Waals surface area contributed by atoms with Crippen LogP contribution in [0.2, 0.25) is 0 Å². The van der Waals surface area contributed by atoms with Crippen LogP contribution in [-0.4, -0.2) is 19.6 Å². The second kappa shape index (κ2) is 7.78. The van der Waals surface area contributed by atoms with Gasteiger partial charge in [0.2, 0.25) is 0 Å². The van der Waals surface area contributed by atoms with Crippen molar-refractivity contribution < 1.29 is 0 Å². The fourth-order valence-corrected chi connectivity index (χ4v) is 2.52. The highest BCUT2D eigenvalue weighted by molar-refractivity contribution is 9.10. The molecular formula is C14H17BrN4. The molecule has 1 aromatic carbocycles. The van der Waals surface area contributed by atoms with E-state index < -0.39 is 0 Å². The van der Waals surface area contributed by atoms with Gasteiger partial charge in [-0.25, -0.2) is 0 Å². The van der Waals surface area contributed by atoms with E-state index in [1.165, 1.54) is 5.56 Å². The van der Waals surface area contributed by atoms with Gasteiger partial charge in [0.05, 0.1) is 17.8 Å². The van der Waals surface area contributed by atoms with E-state index in [9.17, 15) is 0 Å². The molecular weight excluding hydrogens is 304 g/mol. The zero-order chi connectivity index (χ0) is 14.3. The molecule has 0 spiro atoms. The van der Waals surface area contributed by atoms with Crippen LogP contribution in [0.15, 0.2) is 22.7 Å². The summed E-state index contributed by atoms with van der Waals surface area (Å²) in [5, 5.41) is 21.0. The Hall–Kier alpha value is -1.56. The molecule has 1 aromatic rings. The summed E-state index contributed by atoms with van der Waals surface area (Å²) in [6.07, 6.45) is 0. The molecule has 0 aliphatic rings. The van der Waals surface area contributed by atoms with E-state index in [1.54, 1.807) is 4.90 Å². The van der Waals surface area contributed by atoms with Gasteiger partial charge in [0.15, 0.2) is 0 Å². The molecule has 1 atom stereocenters. The quantitative estimate of drug-likeness (QED) is 0.818. The minimum atomic E-state index is 0.203. The van der Waals surface area contributed by atoms with Crippen molar-refractivity contribution in [1.29, 1.82) is 10.5 Å². The van der Waals surface area contributed by atoms with E-state index in [0.29, 0.717) is 0 Å². The van der Waals surface area contributed by atoms with Crippen molar-refractivity contribution in [1.82, 2.24) is 5.32 Å². The highest BCUT2D eigenvalue weighted by atomic mass is 79.9. The van der Waals surface area contributed by atoms with E-state index in [0.717, 1.165) is 16.7 Å². The maximum atomic E-state index is 8.80. The number of hydrogen-bond acceptors (Lipinski definition) is 4. The molecule has 0 heterocycles. The van der Waals surface area contributed by atoms with Crippen LogP contribution in [0, 0.1) is 22.7 Å². The first-order chi connectivity index (χ1) is 9.13. The van der Waals surface area contributed by atoms with Crippen molar-refractivity contribution >= 4 is 21.6 Å². The summed E-state index contributed by atoms with van der Waals surface area (Å²) < 4.78 is 0.903. The third-order valence-electron chi connectivity index (χ3n) is 2.85. The number of benzene rings is 1. The van der Waals surface area contributed by atoms with Crippen LogP contribution in [0.4, 0.5) is 5.69 Å². The van der Waals surface area contributed by atoms with Crippen molar-refractivity contribution in [3.05, 3.63) is 28.2 Å². The second-order valence-electron chi connectivity index (χ2n) is 4.16. The number of nitrogens with one attached hydrogen (secondary N) is 1. The van der Waals surface area contributed by atoms with Gasteiger partial charge in [-0.1, -0.05) is 13.0 Å². The third-order valence-corrected chi connectivity index (χ3v) is 3.48. The van der Waals surface area contributed by atoms with Gasteiger partial charge in [-0.15, -0.1) is 0 Å². The molecule has 1 rings (SSSR count). The van der Waals surface area contributed by atoms with Crippen LogP contribution in [-0.2, 0) is 0 Å². The van der Waals surface area contributed by atoms with E-state index in [4.69, 9.17) is 10.5 Å². The Kier molecular flexibility index (Phi) is 6.35. The van der Waals surface area contributed by atoms with Crippen LogP contribution < -0.4 is 10.2 Å². The number of hydrogen-bond donors (Lipinski definition) is 1. The predicted molar refractivity (Wildman–Crippen MR) is 79.7 cm³/mol. The molecule has 5 heteroatoms. The Morgan fingerprint density at radius 1 is 1.32 bits per heavy atom. The van der Waals surface area contributed by atoms with Crippen LogP contribution in [0.1, 0.15) is 25.5 Å². The number of halogens is 1. The number of rotatable bonds is 6. The van der Waals surface area contributed by atoms with E-state index in [-0.39, 0.29) is 19.1 Å². The normalized spacial score (nSPS) is 11.4. The predicted octanol–water partition coefficient (Wildman–Crippen LogP) is 2.97. The fourth-order valence-electron chi connectivity index (χ4n) is 1.87. The Bertz CT molecular complexity index is 485. The fraction of sp³-hybridized carbons (Fsp3) is 0.429. The monoisotopic (exact) mass is 320 g/mol. The van der Waals surface area contributed by atoms with E-state index >= 15 is 0 Å². The summed E-state index contributed by atoms with van der Waals surface area (Å²) in [5.74, 6) is 0. The summed E-state index contributed by atoms with van der Waals surface area (Å²) in [7, 11) is 0. The maximum Gasteiger partial charge on any atom is 0.107 e. The first-order valence-corrected chi connectivity index (χ1v) is 6.95. The van der Waals surface area contributed by atoms with Gasteiger partial charge >= 0.3 is 0 Å². The summed E-state index contributed by atoms with van der Waals surface area (Å²) in [6, 6.07) is 10.4. The Labute approximate surface area is 122 Å². The molecule has 0 aliphatic heterocycles. The lowest BCUT2D eigenvalue weighted by Gasteiger charge is -2.21. The van der Waals surface area contributed by atoms with E-state index in [1.807, 2.05) is 18.2 Å². The molecule has 0 aliphatic carbocycles.